The maximum absolute atomic E-state index is 13.2. The highest BCUT2D eigenvalue weighted by molar-refractivity contribution is 9.11. The Morgan fingerprint density at radius 2 is 1.84 bits per heavy atom. The zero-order valence-corrected chi connectivity index (χ0v) is 22.7. The van der Waals surface area contributed by atoms with E-state index < -0.39 is 11.9 Å². The molecule has 0 aliphatic heterocycles. The Balaban J connectivity index is 1.45. The summed E-state index contributed by atoms with van der Waals surface area (Å²) in [6, 6.07) is 21.4. The molecule has 0 spiro atoms. The van der Waals surface area contributed by atoms with E-state index in [1.54, 1.807) is 24.3 Å². The number of fused-ring (bicyclic) bond motifs is 1. The minimum atomic E-state index is -0.670. The third kappa shape index (κ3) is 5.39. The van der Waals surface area contributed by atoms with Gasteiger partial charge in [0.2, 0.25) is 5.76 Å². The Bertz CT molecular complexity index is 1650. The summed E-state index contributed by atoms with van der Waals surface area (Å²) in [6.07, 6.45) is 2.77. The van der Waals surface area contributed by atoms with Crippen molar-refractivity contribution in [3.8, 4) is 16.9 Å². The molecule has 2 aromatic heterocycles. The van der Waals surface area contributed by atoms with Gasteiger partial charge in [0.15, 0.2) is 5.75 Å². The number of amides is 1. The number of benzene rings is 3. The number of hydrogen-bond acceptors (Lipinski definition) is 5. The first-order chi connectivity index (χ1) is 17.9. The topological polar surface area (TPSA) is 96.7 Å². The van der Waals surface area contributed by atoms with Gasteiger partial charge in [0.25, 0.3) is 5.91 Å². The van der Waals surface area contributed by atoms with Gasteiger partial charge in [0.05, 0.1) is 17.0 Å². The van der Waals surface area contributed by atoms with Crippen LogP contribution < -0.4 is 10.2 Å². The Morgan fingerprint density at radius 3 is 2.59 bits per heavy atom. The van der Waals surface area contributed by atoms with Gasteiger partial charge in [-0.15, -0.1) is 0 Å². The van der Waals surface area contributed by atoms with Crippen LogP contribution in [0.1, 0.15) is 26.6 Å². The van der Waals surface area contributed by atoms with Crippen molar-refractivity contribution in [2.45, 2.75) is 0 Å². The minimum Gasteiger partial charge on any atom is -0.457 e. The maximum Gasteiger partial charge on any atom is 0.379 e. The van der Waals surface area contributed by atoms with E-state index in [1.165, 1.54) is 18.5 Å². The van der Waals surface area contributed by atoms with Crippen LogP contribution in [-0.4, -0.2) is 23.1 Å². The molecule has 3 aromatic carbocycles. The fourth-order valence-electron chi connectivity index (χ4n) is 3.78. The molecule has 37 heavy (non-hydrogen) atoms. The molecular weight excluding hydrogens is 626 g/mol. The molecule has 0 aliphatic carbocycles. The molecule has 10 heteroatoms. The number of aromatic nitrogens is 1. The van der Waals surface area contributed by atoms with E-state index in [4.69, 9.17) is 20.8 Å². The van der Waals surface area contributed by atoms with E-state index in [-0.39, 0.29) is 11.5 Å². The van der Waals surface area contributed by atoms with Crippen molar-refractivity contribution in [3.63, 3.8) is 0 Å². The zero-order chi connectivity index (χ0) is 25.9. The standard InChI is InChI=1S/C27H16Br2ClN3O4/c28-17-11-16(25(20(29)12-17)37-27(35)22-7-4-10-36-22)14-31-33-26(34)24-23(15-5-2-1-3-6-15)19-13-18(30)8-9-21(19)32-24/h1-14,32H,(H,33,34). The van der Waals surface area contributed by atoms with Gasteiger partial charge in [-0.2, -0.15) is 5.10 Å². The Kier molecular flexibility index (Phi) is 7.27. The predicted molar refractivity (Wildman–Crippen MR) is 149 cm³/mol. The molecule has 5 aromatic rings. The Labute approximate surface area is 232 Å². The second kappa shape index (κ2) is 10.8. The summed E-state index contributed by atoms with van der Waals surface area (Å²) in [5.74, 6) is -0.854. The smallest absolute Gasteiger partial charge is 0.379 e. The summed E-state index contributed by atoms with van der Waals surface area (Å²) in [6.45, 7) is 0. The number of carbonyl (C=O) groups is 2. The third-order valence-corrected chi connectivity index (χ3v) is 6.66. The summed E-state index contributed by atoms with van der Waals surface area (Å²) >= 11 is 13.1. The molecule has 0 radical (unpaired) electrons. The number of esters is 1. The van der Waals surface area contributed by atoms with Crippen molar-refractivity contribution in [2.75, 3.05) is 0 Å². The molecule has 0 atom stereocenters. The summed E-state index contributed by atoms with van der Waals surface area (Å²) in [5, 5.41) is 5.50. The van der Waals surface area contributed by atoms with Crippen LogP contribution >= 0.6 is 43.5 Å². The monoisotopic (exact) mass is 639 g/mol. The molecule has 184 valence electrons. The number of hydrazone groups is 1. The van der Waals surface area contributed by atoms with Crippen LogP contribution in [0, 0.1) is 0 Å². The second-order valence-electron chi connectivity index (χ2n) is 7.80. The highest BCUT2D eigenvalue weighted by Crippen LogP contribution is 2.35. The van der Waals surface area contributed by atoms with Gasteiger partial charge in [-0.25, -0.2) is 10.2 Å². The van der Waals surface area contributed by atoms with Crippen molar-refractivity contribution >= 4 is 72.5 Å². The normalized spacial score (nSPS) is 11.2. The SMILES string of the molecule is O=C(Oc1c(Br)cc(Br)cc1C=NNC(=O)c1[nH]c2ccc(Cl)cc2c1-c1ccccc1)c1ccco1. The van der Waals surface area contributed by atoms with Gasteiger partial charge in [0.1, 0.15) is 5.69 Å². The van der Waals surface area contributed by atoms with Gasteiger partial charge in [0, 0.05) is 31.5 Å². The Hall–Kier alpha value is -3.66. The number of nitrogens with one attached hydrogen (secondary N) is 2. The summed E-state index contributed by atoms with van der Waals surface area (Å²) in [7, 11) is 0. The number of ether oxygens (including phenoxy) is 1. The van der Waals surface area contributed by atoms with Gasteiger partial charge < -0.3 is 14.1 Å². The number of nitrogens with zero attached hydrogens (tertiary/aromatic N) is 1. The van der Waals surface area contributed by atoms with E-state index in [1.807, 2.05) is 42.5 Å². The lowest BCUT2D eigenvalue weighted by atomic mass is 10.0. The molecule has 0 saturated carbocycles. The average Bonchev–Trinajstić information content (AvgIpc) is 3.55. The number of aromatic amines is 1. The number of hydrogen-bond donors (Lipinski definition) is 2. The molecule has 0 aliphatic rings. The lowest BCUT2D eigenvalue weighted by Gasteiger charge is -2.09. The molecule has 2 heterocycles. The second-order valence-corrected chi connectivity index (χ2v) is 10.0. The average molecular weight is 642 g/mol. The van der Waals surface area contributed by atoms with Crippen molar-refractivity contribution < 1.29 is 18.7 Å². The molecule has 1 amide bonds. The van der Waals surface area contributed by atoms with Crippen LogP contribution in [0.3, 0.4) is 0 Å². The fraction of sp³-hybridized carbons (Fsp3) is 0. The van der Waals surface area contributed by atoms with Crippen molar-refractivity contribution in [2.24, 2.45) is 5.10 Å². The zero-order valence-electron chi connectivity index (χ0n) is 18.8. The van der Waals surface area contributed by atoms with Crippen LogP contribution in [0.4, 0.5) is 0 Å². The number of carbonyl (C=O) groups excluding carboxylic acids is 2. The molecule has 0 unspecified atom stereocenters. The van der Waals surface area contributed by atoms with Gasteiger partial charge in [-0.1, -0.05) is 57.9 Å². The van der Waals surface area contributed by atoms with E-state index in [9.17, 15) is 9.59 Å². The number of halogens is 3. The molecule has 0 bridgehead atoms. The highest BCUT2D eigenvalue weighted by atomic mass is 79.9. The van der Waals surface area contributed by atoms with Crippen LogP contribution in [-0.2, 0) is 0 Å². The van der Waals surface area contributed by atoms with E-state index in [0.29, 0.717) is 30.8 Å². The van der Waals surface area contributed by atoms with Crippen molar-refractivity contribution in [1.29, 1.82) is 0 Å². The minimum absolute atomic E-state index is 0.0540. The van der Waals surface area contributed by atoms with Crippen LogP contribution in [0.5, 0.6) is 5.75 Å². The van der Waals surface area contributed by atoms with E-state index in [2.05, 4.69) is 47.4 Å². The summed E-state index contributed by atoms with van der Waals surface area (Å²) in [4.78, 5) is 28.8. The van der Waals surface area contributed by atoms with Gasteiger partial charge in [-0.3, -0.25) is 4.79 Å². The quantitative estimate of drug-likeness (QED) is 0.0865. The van der Waals surface area contributed by atoms with Crippen molar-refractivity contribution in [3.05, 3.63) is 110 Å². The molecule has 2 N–H and O–H groups in total. The maximum atomic E-state index is 13.2. The first-order valence-electron chi connectivity index (χ1n) is 10.9. The summed E-state index contributed by atoms with van der Waals surface area (Å²) < 4.78 is 11.9. The Morgan fingerprint density at radius 1 is 1.03 bits per heavy atom. The lowest BCUT2D eigenvalue weighted by molar-refractivity contribution is 0.0699. The van der Waals surface area contributed by atoms with E-state index >= 15 is 0 Å². The van der Waals surface area contributed by atoms with Crippen LogP contribution in [0.2, 0.25) is 5.02 Å². The molecule has 5 rings (SSSR count). The predicted octanol–water partition coefficient (Wildman–Crippen LogP) is 7.59. The summed E-state index contributed by atoms with van der Waals surface area (Å²) in [5.41, 5.74) is 5.66. The van der Waals surface area contributed by atoms with Crippen LogP contribution in [0.15, 0.2) is 97.5 Å². The van der Waals surface area contributed by atoms with E-state index in [0.717, 1.165) is 16.5 Å². The van der Waals surface area contributed by atoms with Gasteiger partial charge >= 0.3 is 5.97 Å². The number of furan rings is 1. The third-order valence-electron chi connectivity index (χ3n) is 5.37. The molecule has 7 nitrogen and oxygen atoms in total. The molecular formula is C27H16Br2ClN3O4. The number of rotatable bonds is 6. The van der Waals surface area contributed by atoms with Gasteiger partial charge in [-0.05, 0) is 64.0 Å². The molecule has 0 saturated heterocycles. The first-order valence-corrected chi connectivity index (χ1v) is 12.8. The highest BCUT2D eigenvalue weighted by Gasteiger charge is 2.20. The van der Waals surface area contributed by atoms with Crippen LogP contribution in [0.25, 0.3) is 22.0 Å². The lowest BCUT2D eigenvalue weighted by Crippen LogP contribution is -2.19. The first kappa shape index (κ1) is 25.0. The fourth-order valence-corrected chi connectivity index (χ4v) is 5.29. The van der Waals surface area contributed by atoms with Crippen molar-refractivity contribution in [1.82, 2.24) is 10.4 Å². The largest absolute Gasteiger partial charge is 0.457 e. The number of H-pyrrole nitrogens is 1. The molecule has 0 fully saturated rings.